The number of benzene rings is 3. The standard InChI is InChI=1S/C24H20F2N2O4S/c1-3-33(29,30)20-7-8-22(31-2)21(13-20)28-24-27-14-23(32-24)16-6-4-5-15(9-16)17-10-18(25)12-19(26)11-17/h4-14H,3H2,1-2H3,(H,27,28). The van der Waals surface area contributed by atoms with Gasteiger partial charge in [-0.2, -0.15) is 0 Å². The van der Waals surface area contributed by atoms with Gasteiger partial charge in [-0.1, -0.05) is 25.1 Å². The third-order valence-corrected chi connectivity index (χ3v) is 6.73. The van der Waals surface area contributed by atoms with Gasteiger partial charge in [-0.15, -0.1) is 0 Å². The first kappa shape index (κ1) is 22.5. The van der Waals surface area contributed by atoms with Crippen molar-refractivity contribution >= 4 is 21.5 Å². The Labute approximate surface area is 189 Å². The number of nitrogens with one attached hydrogen (secondary N) is 1. The number of sulfone groups is 1. The minimum atomic E-state index is -3.41. The second kappa shape index (κ2) is 9.03. The Bertz CT molecular complexity index is 1400. The monoisotopic (exact) mass is 470 g/mol. The van der Waals surface area contributed by atoms with Crippen molar-refractivity contribution in [3.8, 4) is 28.2 Å². The highest BCUT2D eigenvalue weighted by molar-refractivity contribution is 7.91. The van der Waals surface area contributed by atoms with Crippen LogP contribution in [0.5, 0.6) is 5.75 Å². The zero-order chi connectivity index (χ0) is 23.6. The summed E-state index contributed by atoms with van der Waals surface area (Å²) in [5.41, 5.74) is 2.03. The van der Waals surface area contributed by atoms with E-state index in [1.54, 1.807) is 37.3 Å². The van der Waals surface area contributed by atoms with E-state index >= 15 is 0 Å². The topological polar surface area (TPSA) is 81.4 Å². The van der Waals surface area contributed by atoms with Crippen LogP contribution in [0.2, 0.25) is 0 Å². The summed E-state index contributed by atoms with van der Waals surface area (Å²) in [5.74, 6) is -0.536. The van der Waals surface area contributed by atoms with Crippen molar-refractivity contribution in [2.75, 3.05) is 18.2 Å². The molecule has 0 spiro atoms. The van der Waals surface area contributed by atoms with E-state index < -0.39 is 21.5 Å². The maximum Gasteiger partial charge on any atom is 0.299 e. The van der Waals surface area contributed by atoms with Crippen LogP contribution < -0.4 is 10.1 Å². The number of nitrogens with zero attached hydrogens (tertiary/aromatic N) is 1. The van der Waals surface area contributed by atoms with Gasteiger partial charge in [0.25, 0.3) is 6.01 Å². The maximum atomic E-state index is 13.6. The fourth-order valence-corrected chi connectivity index (χ4v) is 4.20. The van der Waals surface area contributed by atoms with Gasteiger partial charge in [-0.3, -0.25) is 0 Å². The van der Waals surface area contributed by atoms with Crippen molar-refractivity contribution in [2.24, 2.45) is 0 Å². The lowest BCUT2D eigenvalue weighted by Crippen LogP contribution is -2.05. The molecule has 0 unspecified atom stereocenters. The lowest BCUT2D eigenvalue weighted by molar-refractivity contribution is 0.416. The molecule has 1 N–H and O–H groups in total. The minimum absolute atomic E-state index is 0.0343. The number of rotatable bonds is 7. The molecule has 0 saturated heterocycles. The summed E-state index contributed by atoms with van der Waals surface area (Å²) < 4.78 is 62.8. The maximum absolute atomic E-state index is 13.6. The largest absolute Gasteiger partial charge is 0.495 e. The predicted molar refractivity (Wildman–Crippen MR) is 121 cm³/mol. The van der Waals surface area contributed by atoms with Crippen LogP contribution in [0, 0.1) is 11.6 Å². The summed E-state index contributed by atoms with van der Waals surface area (Å²) in [6.07, 6.45) is 1.49. The lowest BCUT2D eigenvalue weighted by Gasteiger charge is -2.11. The summed E-state index contributed by atoms with van der Waals surface area (Å²) in [4.78, 5) is 4.35. The Morgan fingerprint density at radius 3 is 2.39 bits per heavy atom. The zero-order valence-corrected chi connectivity index (χ0v) is 18.6. The van der Waals surface area contributed by atoms with Gasteiger partial charge >= 0.3 is 0 Å². The van der Waals surface area contributed by atoms with E-state index in [-0.39, 0.29) is 16.7 Å². The number of hydrogen-bond donors (Lipinski definition) is 1. The molecule has 6 nitrogen and oxygen atoms in total. The number of hydrogen-bond acceptors (Lipinski definition) is 6. The molecule has 0 aliphatic heterocycles. The summed E-state index contributed by atoms with van der Waals surface area (Å²) in [5, 5.41) is 2.95. The fourth-order valence-electron chi connectivity index (χ4n) is 3.30. The molecule has 4 aromatic rings. The van der Waals surface area contributed by atoms with E-state index in [9.17, 15) is 17.2 Å². The first-order chi connectivity index (χ1) is 15.8. The average Bonchev–Trinajstić information content (AvgIpc) is 3.27. The third-order valence-electron chi connectivity index (χ3n) is 5.00. The Hall–Kier alpha value is -3.72. The first-order valence-electron chi connectivity index (χ1n) is 9.99. The Balaban J connectivity index is 1.64. The average molecular weight is 470 g/mol. The highest BCUT2D eigenvalue weighted by Gasteiger charge is 2.16. The molecule has 1 heterocycles. The van der Waals surface area contributed by atoms with E-state index in [0.29, 0.717) is 33.9 Å². The fraction of sp³-hybridized carbons (Fsp3) is 0.125. The number of halogens is 2. The van der Waals surface area contributed by atoms with Crippen LogP contribution in [0.15, 0.2) is 76.2 Å². The van der Waals surface area contributed by atoms with Crippen molar-refractivity contribution in [3.63, 3.8) is 0 Å². The Morgan fingerprint density at radius 1 is 0.970 bits per heavy atom. The second-order valence-corrected chi connectivity index (χ2v) is 9.44. The predicted octanol–water partition coefficient (Wildman–Crippen LogP) is 5.83. The molecular weight excluding hydrogens is 450 g/mol. The number of oxazole rings is 1. The summed E-state index contributed by atoms with van der Waals surface area (Å²) in [7, 11) is -1.94. The van der Waals surface area contributed by atoms with Gasteiger partial charge in [0.15, 0.2) is 15.6 Å². The van der Waals surface area contributed by atoms with Crippen molar-refractivity contribution in [2.45, 2.75) is 11.8 Å². The molecule has 0 aliphatic rings. The van der Waals surface area contributed by atoms with Crippen LogP contribution in [0.3, 0.4) is 0 Å². The van der Waals surface area contributed by atoms with Crippen LogP contribution in [-0.2, 0) is 9.84 Å². The Kier molecular flexibility index (Phi) is 6.15. The van der Waals surface area contributed by atoms with Gasteiger partial charge in [0.1, 0.15) is 17.4 Å². The molecule has 0 atom stereocenters. The first-order valence-corrected chi connectivity index (χ1v) is 11.6. The van der Waals surface area contributed by atoms with Gasteiger partial charge in [0, 0.05) is 11.6 Å². The van der Waals surface area contributed by atoms with Crippen LogP contribution in [0.25, 0.3) is 22.5 Å². The smallest absolute Gasteiger partial charge is 0.299 e. The van der Waals surface area contributed by atoms with E-state index in [1.165, 1.54) is 37.6 Å². The van der Waals surface area contributed by atoms with Crippen molar-refractivity contribution in [3.05, 3.63) is 78.5 Å². The van der Waals surface area contributed by atoms with E-state index in [1.807, 2.05) is 0 Å². The molecule has 0 radical (unpaired) electrons. The van der Waals surface area contributed by atoms with Crippen LogP contribution in [0.1, 0.15) is 6.92 Å². The molecule has 4 rings (SSSR count). The van der Waals surface area contributed by atoms with Gasteiger partial charge in [-0.25, -0.2) is 22.2 Å². The molecule has 0 bridgehead atoms. The van der Waals surface area contributed by atoms with Crippen molar-refractivity contribution < 1.29 is 26.4 Å². The molecule has 170 valence electrons. The number of methoxy groups -OCH3 is 1. The molecule has 9 heteroatoms. The summed E-state index contributed by atoms with van der Waals surface area (Å²) >= 11 is 0. The van der Waals surface area contributed by atoms with Gasteiger partial charge < -0.3 is 14.5 Å². The quantitative estimate of drug-likeness (QED) is 0.366. The van der Waals surface area contributed by atoms with E-state index in [0.717, 1.165) is 6.07 Å². The van der Waals surface area contributed by atoms with Crippen LogP contribution in [-0.4, -0.2) is 26.3 Å². The lowest BCUT2D eigenvalue weighted by atomic mass is 10.0. The summed E-state index contributed by atoms with van der Waals surface area (Å²) in [6.45, 7) is 1.57. The van der Waals surface area contributed by atoms with Gasteiger partial charge in [0.2, 0.25) is 0 Å². The molecule has 0 amide bonds. The SMILES string of the molecule is CCS(=O)(=O)c1ccc(OC)c(Nc2ncc(-c3cccc(-c4cc(F)cc(F)c4)c3)o2)c1. The number of anilines is 2. The van der Waals surface area contributed by atoms with Crippen LogP contribution >= 0.6 is 0 Å². The Morgan fingerprint density at radius 2 is 1.70 bits per heavy atom. The highest BCUT2D eigenvalue weighted by Crippen LogP contribution is 2.33. The van der Waals surface area contributed by atoms with Crippen molar-refractivity contribution in [1.82, 2.24) is 4.98 Å². The third kappa shape index (κ3) is 4.88. The molecule has 3 aromatic carbocycles. The molecule has 33 heavy (non-hydrogen) atoms. The molecule has 0 fully saturated rings. The van der Waals surface area contributed by atoms with E-state index in [4.69, 9.17) is 9.15 Å². The van der Waals surface area contributed by atoms with Gasteiger partial charge in [-0.05, 0) is 47.5 Å². The van der Waals surface area contributed by atoms with E-state index in [2.05, 4.69) is 10.3 Å². The number of ether oxygens (including phenoxy) is 1. The van der Waals surface area contributed by atoms with Gasteiger partial charge in [0.05, 0.1) is 29.6 Å². The molecule has 1 aromatic heterocycles. The minimum Gasteiger partial charge on any atom is -0.495 e. The van der Waals surface area contributed by atoms with Crippen molar-refractivity contribution in [1.29, 1.82) is 0 Å². The second-order valence-electron chi connectivity index (χ2n) is 7.16. The zero-order valence-electron chi connectivity index (χ0n) is 17.8. The molecule has 0 aliphatic carbocycles. The normalized spacial score (nSPS) is 11.4. The molecular formula is C24H20F2N2O4S. The summed E-state index contributed by atoms with van der Waals surface area (Å²) in [6, 6.07) is 14.9. The highest BCUT2D eigenvalue weighted by atomic mass is 32.2. The number of aromatic nitrogens is 1. The van der Waals surface area contributed by atoms with Crippen LogP contribution in [0.4, 0.5) is 20.5 Å². The molecule has 0 saturated carbocycles.